The third-order valence-corrected chi connectivity index (χ3v) is 3.96. The molecule has 1 aromatic carbocycles. The minimum absolute atomic E-state index is 0. The SMILES string of the molecule is CN=C(NCCCn1cc(C)cn1)NCCc1cccc(C(=O)NC)c1.I. The summed E-state index contributed by atoms with van der Waals surface area (Å²) in [5.41, 5.74) is 2.97. The number of hydrogen-bond donors (Lipinski definition) is 3. The first-order chi connectivity index (χ1) is 12.6. The summed E-state index contributed by atoms with van der Waals surface area (Å²) in [6.45, 7) is 4.49. The summed E-state index contributed by atoms with van der Waals surface area (Å²) in [4.78, 5) is 15.9. The van der Waals surface area contributed by atoms with Gasteiger partial charge in [0, 0.05) is 45.5 Å². The van der Waals surface area contributed by atoms with Gasteiger partial charge in [-0.3, -0.25) is 14.5 Å². The lowest BCUT2D eigenvalue weighted by Gasteiger charge is -2.12. The van der Waals surface area contributed by atoms with Gasteiger partial charge in [0.15, 0.2) is 5.96 Å². The number of carbonyl (C=O) groups excluding carboxylic acids is 1. The summed E-state index contributed by atoms with van der Waals surface area (Å²) in [6.07, 6.45) is 5.70. The Balaban J connectivity index is 0.00000364. The Morgan fingerprint density at radius 2 is 2.04 bits per heavy atom. The van der Waals surface area contributed by atoms with Gasteiger partial charge in [-0.15, -0.1) is 24.0 Å². The highest BCUT2D eigenvalue weighted by atomic mass is 127. The van der Waals surface area contributed by atoms with Crippen molar-refractivity contribution < 1.29 is 4.79 Å². The molecule has 2 rings (SSSR count). The fourth-order valence-corrected chi connectivity index (χ4v) is 2.60. The van der Waals surface area contributed by atoms with E-state index in [1.54, 1.807) is 14.1 Å². The van der Waals surface area contributed by atoms with E-state index in [0.29, 0.717) is 5.56 Å². The summed E-state index contributed by atoms with van der Waals surface area (Å²) in [5, 5.41) is 13.5. The number of benzene rings is 1. The Morgan fingerprint density at radius 1 is 1.26 bits per heavy atom. The highest BCUT2D eigenvalue weighted by Crippen LogP contribution is 2.05. The van der Waals surface area contributed by atoms with Crippen LogP contribution in [0.3, 0.4) is 0 Å². The topological polar surface area (TPSA) is 83.3 Å². The molecular weight excluding hydrogens is 455 g/mol. The number of amides is 1. The zero-order chi connectivity index (χ0) is 18.8. The smallest absolute Gasteiger partial charge is 0.251 e. The highest BCUT2D eigenvalue weighted by Gasteiger charge is 2.04. The van der Waals surface area contributed by atoms with E-state index in [1.165, 1.54) is 5.56 Å². The van der Waals surface area contributed by atoms with Crippen molar-refractivity contribution in [2.24, 2.45) is 4.99 Å². The van der Waals surface area contributed by atoms with Gasteiger partial charge >= 0.3 is 0 Å². The molecule has 3 N–H and O–H groups in total. The zero-order valence-electron chi connectivity index (χ0n) is 16.2. The maximum atomic E-state index is 11.7. The van der Waals surface area contributed by atoms with E-state index < -0.39 is 0 Å². The van der Waals surface area contributed by atoms with Gasteiger partial charge in [-0.1, -0.05) is 12.1 Å². The van der Waals surface area contributed by atoms with Crippen LogP contribution in [0.5, 0.6) is 0 Å². The van der Waals surface area contributed by atoms with E-state index in [2.05, 4.69) is 26.0 Å². The van der Waals surface area contributed by atoms with Gasteiger partial charge in [0.05, 0.1) is 6.20 Å². The Labute approximate surface area is 178 Å². The predicted molar refractivity (Wildman–Crippen MR) is 120 cm³/mol. The molecule has 0 radical (unpaired) electrons. The second-order valence-electron chi connectivity index (χ2n) is 6.09. The Morgan fingerprint density at radius 3 is 2.70 bits per heavy atom. The van der Waals surface area contributed by atoms with Crippen molar-refractivity contribution in [3.8, 4) is 0 Å². The molecule has 0 unspecified atom stereocenters. The molecule has 0 saturated carbocycles. The largest absolute Gasteiger partial charge is 0.356 e. The van der Waals surface area contributed by atoms with Crippen molar-refractivity contribution in [3.63, 3.8) is 0 Å². The van der Waals surface area contributed by atoms with E-state index in [4.69, 9.17) is 0 Å². The van der Waals surface area contributed by atoms with E-state index in [1.807, 2.05) is 48.3 Å². The molecule has 0 spiro atoms. The maximum absolute atomic E-state index is 11.7. The van der Waals surface area contributed by atoms with Gasteiger partial charge < -0.3 is 16.0 Å². The number of aromatic nitrogens is 2. The standard InChI is InChI=1S/C19H28N6O.HI/c1-15-13-24-25(14-15)11-5-9-22-19(21-3)23-10-8-16-6-4-7-17(12-16)18(26)20-2;/h4,6-7,12-14H,5,8-11H2,1-3H3,(H,20,26)(H2,21,22,23);1H. The minimum atomic E-state index is -0.0651. The lowest BCUT2D eigenvalue weighted by atomic mass is 10.1. The summed E-state index contributed by atoms with van der Waals surface area (Å²) in [7, 11) is 3.40. The fraction of sp³-hybridized carbons (Fsp3) is 0.421. The summed E-state index contributed by atoms with van der Waals surface area (Å²) >= 11 is 0. The normalized spacial score (nSPS) is 10.9. The number of guanidine groups is 1. The van der Waals surface area contributed by atoms with Crippen LogP contribution in [-0.4, -0.2) is 48.8 Å². The summed E-state index contributed by atoms with van der Waals surface area (Å²) in [5.74, 6) is 0.716. The second kappa shape index (κ2) is 12.3. The maximum Gasteiger partial charge on any atom is 0.251 e. The molecule has 8 heteroatoms. The quantitative estimate of drug-likeness (QED) is 0.232. The molecule has 0 atom stereocenters. The van der Waals surface area contributed by atoms with Crippen molar-refractivity contribution in [1.29, 1.82) is 0 Å². The van der Waals surface area contributed by atoms with Gasteiger partial charge in [-0.25, -0.2) is 0 Å². The number of nitrogens with zero attached hydrogens (tertiary/aromatic N) is 3. The minimum Gasteiger partial charge on any atom is -0.356 e. The van der Waals surface area contributed by atoms with Gasteiger partial charge in [0.25, 0.3) is 5.91 Å². The third-order valence-electron chi connectivity index (χ3n) is 3.96. The molecule has 0 aliphatic heterocycles. The van der Waals surface area contributed by atoms with Crippen LogP contribution in [0.25, 0.3) is 0 Å². The molecule has 0 bridgehead atoms. The van der Waals surface area contributed by atoms with Crippen LogP contribution in [0.1, 0.15) is 27.9 Å². The number of rotatable bonds is 8. The molecule has 1 aromatic heterocycles. The number of hydrogen-bond acceptors (Lipinski definition) is 3. The molecule has 7 nitrogen and oxygen atoms in total. The van der Waals surface area contributed by atoms with Crippen LogP contribution >= 0.6 is 24.0 Å². The van der Waals surface area contributed by atoms with Crippen molar-refractivity contribution in [2.45, 2.75) is 26.3 Å². The highest BCUT2D eigenvalue weighted by molar-refractivity contribution is 14.0. The number of carbonyl (C=O) groups is 1. The van der Waals surface area contributed by atoms with E-state index in [0.717, 1.165) is 44.0 Å². The molecule has 0 aliphatic rings. The average Bonchev–Trinajstić information content (AvgIpc) is 3.08. The van der Waals surface area contributed by atoms with Gasteiger partial charge in [0.1, 0.15) is 0 Å². The molecule has 0 aliphatic carbocycles. The van der Waals surface area contributed by atoms with E-state index in [9.17, 15) is 4.79 Å². The number of nitrogens with one attached hydrogen (secondary N) is 3. The van der Waals surface area contributed by atoms with Crippen LogP contribution < -0.4 is 16.0 Å². The van der Waals surface area contributed by atoms with Gasteiger partial charge in [-0.2, -0.15) is 5.10 Å². The molecule has 1 heterocycles. The van der Waals surface area contributed by atoms with Crippen LogP contribution in [0.2, 0.25) is 0 Å². The fourth-order valence-electron chi connectivity index (χ4n) is 2.60. The zero-order valence-corrected chi connectivity index (χ0v) is 18.5. The molecule has 27 heavy (non-hydrogen) atoms. The van der Waals surface area contributed by atoms with Gasteiger partial charge in [-0.05, 0) is 43.0 Å². The summed E-state index contributed by atoms with van der Waals surface area (Å²) in [6, 6.07) is 7.67. The van der Waals surface area contributed by atoms with Crippen LogP contribution in [-0.2, 0) is 13.0 Å². The van der Waals surface area contributed by atoms with Gasteiger partial charge in [0.2, 0.25) is 0 Å². The first kappa shape index (κ1) is 22.9. The molecule has 0 saturated heterocycles. The average molecular weight is 484 g/mol. The third kappa shape index (κ3) is 7.98. The van der Waals surface area contributed by atoms with E-state index in [-0.39, 0.29) is 29.9 Å². The molecule has 0 fully saturated rings. The lowest BCUT2D eigenvalue weighted by Crippen LogP contribution is -2.39. The number of halogens is 1. The molecule has 1 amide bonds. The Kier molecular flexibility index (Phi) is 10.5. The number of aliphatic imine (C=N–C) groups is 1. The second-order valence-corrected chi connectivity index (χ2v) is 6.09. The van der Waals surface area contributed by atoms with Crippen molar-refractivity contribution in [3.05, 3.63) is 53.3 Å². The Hall–Kier alpha value is -2.10. The monoisotopic (exact) mass is 484 g/mol. The van der Waals surface area contributed by atoms with Crippen LogP contribution in [0.15, 0.2) is 41.7 Å². The first-order valence-electron chi connectivity index (χ1n) is 8.87. The molecular formula is C19H29IN6O. The predicted octanol–water partition coefficient (Wildman–Crippen LogP) is 1.97. The van der Waals surface area contributed by atoms with Crippen LogP contribution in [0.4, 0.5) is 0 Å². The van der Waals surface area contributed by atoms with Crippen molar-refractivity contribution >= 4 is 35.8 Å². The Bertz CT molecular complexity index is 743. The number of aryl methyl sites for hydroxylation is 2. The molecule has 2 aromatic rings. The van der Waals surface area contributed by atoms with Crippen molar-refractivity contribution in [1.82, 2.24) is 25.7 Å². The summed E-state index contributed by atoms with van der Waals surface area (Å²) < 4.78 is 1.95. The first-order valence-corrected chi connectivity index (χ1v) is 8.87. The van der Waals surface area contributed by atoms with Crippen molar-refractivity contribution in [2.75, 3.05) is 27.2 Å². The molecule has 148 valence electrons. The van der Waals surface area contributed by atoms with Crippen LogP contribution in [0, 0.1) is 6.92 Å². The van der Waals surface area contributed by atoms with E-state index >= 15 is 0 Å². The lowest BCUT2D eigenvalue weighted by molar-refractivity contribution is 0.0963.